The molecule has 5 heteroatoms. The molecule has 1 aliphatic carbocycles. The lowest BCUT2D eigenvalue weighted by Crippen LogP contribution is -2.55. The van der Waals surface area contributed by atoms with Crippen LogP contribution < -0.4 is 15.8 Å². The molecule has 2 rings (SSSR count). The van der Waals surface area contributed by atoms with E-state index in [4.69, 9.17) is 10.5 Å². The van der Waals surface area contributed by atoms with Crippen molar-refractivity contribution < 1.29 is 9.53 Å². The number of rotatable bonds is 8. The van der Waals surface area contributed by atoms with Crippen molar-refractivity contribution in [2.45, 2.75) is 54.8 Å². The summed E-state index contributed by atoms with van der Waals surface area (Å²) in [5.41, 5.74) is 4.97. The maximum Gasteiger partial charge on any atom is 0.237 e. The molecule has 2 atom stereocenters. The summed E-state index contributed by atoms with van der Waals surface area (Å²) in [4.78, 5) is 13.0. The number of thioether (sulfide) groups is 1. The number of nitrogens with two attached hydrogens (primary N) is 1. The Morgan fingerprint density at radius 1 is 1.48 bits per heavy atom. The summed E-state index contributed by atoms with van der Waals surface area (Å²) in [6.45, 7) is 4.05. The number of amides is 1. The number of methoxy groups -OCH3 is 1. The molecule has 116 valence electrons. The Bertz CT molecular complexity index is 488. The summed E-state index contributed by atoms with van der Waals surface area (Å²) in [5.74, 6) is 0.584. The topological polar surface area (TPSA) is 64.3 Å². The molecule has 0 aromatic heterocycles. The molecule has 3 N–H and O–H groups in total. The predicted octanol–water partition coefficient (Wildman–Crippen LogP) is 2.56. The molecule has 1 aliphatic rings. The van der Waals surface area contributed by atoms with Crippen molar-refractivity contribution in [3.05, 3.63) is 24.3 Å². The molecule has 1 aromatic carbocycles. The maximum atomic E-state index is 11.8. The largest absolute Gasteiger partial charge is 0.497 e. The maximum absolute atomic E-state index is 11.8. The second-order valence-electron chi connectivity index (χ2n) is 5.92. The number of ether oxygens (including phenoxy) is 1. The lowest BCUT2D eigenvalue weighted by atomic mass is 9.95. The summed E-state index contributed by atoms with van der Waals surface area (Å²) >= 11 is 1.75. The monoisotopic (exact) mass is 308 g/mol. The molecule has 2 unspecified atom stereocenters. The van der Waals surface area contributed by atoms with E-state index in [2.05, 4.69) is 12.2 Å². The third-order valence-corrected chi connectivity index (χ3v) is 4.85. The van der Waals surface area contributed by atoms with E-state index in [9.17, 15) is 4.79 Å². The number of hydrogen-bond donors (Lipinski definition) is 2. The first-order valence-corrected chi connectivity index (χ1v) is 8.19. The Labute approximate surface area is 130 Å². The van der Waals surface area contributed by atoms with Gasteiger partial charge in [0.05, 0.1) is 12.6 Å². The molecule has 0 bridgehead atoms. The zero-order chi connectivity index (χ0) is 15.5. The highest BCUT2D eigenvalue weighted by molar-refractivity contribution is 7.99. The third kappa shape index (κ3) is 4.64. The van der Waals surface area contributed by atoms with E-state index in [1.165, 1.54) is 4.90 Å². The minimum atomic E-state index is -0.625. The van der Waals surface area contributed by atoms with Crippen molar-refractivity contribution in [3.8, 4) is 5.75 Å². The summed E-state index contributed by atoms with van der Waals surface area (Å²) in [6.07, 6.45) is 3.00. The first kappa shape index (κ1) is 16.2. The summed E-state index contributed by atoms with van der Waals surface area (Å²) in [5, 5.41) is 3.69. The molecule has 0 aliphatic heterocycles. The Balaban J connectivity index is 1.94. The van der Waals surface area contributed by atoms with Gasteiger partial charge in [0, 0.05) is 16.2 Å². The van der Waals surface area contributed by atoms with E-state index in [1.807, 2.05) is 31.2 Å². The fourth-order valence-electron chi connectivity index (χ4n) is 2.41. The van der Waals surface area contributed by atoms with Crippen LogP contribution in [0.25, 0.3) is 0 Å². The number of primary amides is 1. The van der Waals surface area contributed by atoms with Gasteiger partial charge in [-0.2, -0.15) is 0 Å². The molecule has 0 spiro atoms. The van der Waals surface area contributed by atoms with Gasteiger partial charge in [-0.05, 0) is 50.5 Å². The van der Waals surface area contributed by atoms with E-state index in [0.717, 1.165) is 25.0 Å². The quantitative estimate of drug-likeness (QED) is 0.725. The van der Waals surface area contributed by atoms with Crippen LogP contribution in [0.2, 0.25) is 0 Å². The average Bonchev–Trinajstić information content (AvgIpc) is 3.22. The van der Waals surface area contributed by atoms with Gasteiger partial charge in [0.25, 0.3) is 0 Å². The van der Waals surface area contributed by atoms with Crippen LogP contribution in [0.4, 0.5) is 0 Å². The second-order valence-corrected chi connectivity index (χ2v) is 7.43. The fourth-order valence-corrected chi connectivity index (χ4v) is 3.59. The van der Waals surface area contributed by atoms with Crippen molar-refractivity contribution in [1.29, 1.82) is 0 Å². The van der Waals surface area contributed by atoms with Crippen LogP contribution in [0.1, 0.15) is 33.1 Å². The van der Waals surface area contributed by atoms with Gasteiger partial charge in [-0.1, -0.05) is 6.92 Å². The minimum Gasteiger partial charge on any atom is -0.497 e. The molecule has 0 saturated heterocycles. The van der Waals surface area contributed by atoms with Crippen molar-refractivity contribution in [3.63, 3.8) is 0 Å². The zero-order valence-electron chi connectivity index (χ0n) is 12.9. The SMILES string of the molecule is COc1ccc(SC(C)CC(C)(NC2CC2)C(N)=O)cc1. The highest BCUT2D eigenvalue weighted by Crippen LogP contribution is 2.31. The highest BCUT2D eigenvalue weighted by Gasteiger charge is 2.38. The summed E-state index contributed by atoms with van der Waals surface area (Å²) in [6, 6.07) is 8.43. The normalized spacial score (nSPS) is 18.8. The average molecular weight is 308 g/mol. The Morgan fingerprint density at radius 3 is 2.57 bits per heavy atom. The van der Waals surface area contributed by atoms with Crippen molar-refractivity contribution in [2.24, 2.45) is 5.73 Å². The third-order valence-electron chi connectivity index (χ3n) is 3.74. The lowest BCUT2D eigenvalue weighted by Gasteiger charge is -2.30. The summed E-state index contributed by atoms with van der Waals surface area (Å²) < 4.78 is 5.16. The number of carbonyl (C=O) groups is 1. The Hall–Kier alpha value is -1.20. The number of nitrogens with one attached hydrogen (secondary N) is 1. The minimum absolute atomic E-state index is 0.267. The van der Waals surface area contributed by atoms with Crippen LogP contribution in [-0.2, 0) is 4.79 Å². The number of benzene rings is 1. The lowest BCUT2D eigenvalue weighted by molar-refractivity contribution is -0.124. The van der Waals surface area contributed by atoms with Crippen molar-refractivity contribution in [1.82, 2.24) is 5.32 Å². The smallest absolute Gasteiger partial charge is 0.237 e. The van der Waals surface area contributed by atoms with E-state index < -0.39 is 5.54 Å². The molecule has 4 nitrogen and oxygen atoms in total. The van der Waals surface area contributed by atoms with Crippen molar-refractivity contribution >= 4 is 17.7 Å². The van der Waals surface area contributed by atoms with Crippen LogP contribution in [0, 0.1) is 0 Å². The highest BCUT2D eigenvalue weighted by atomic mass is 32.2. The summed E-state index contributed by atoms with van der Waals surface area (Å²) in [7, 11) is 1.66. The van der Waals surface area contributed by atoms with Gasteiger partial charge >= 0.3 is 0 Å². The molecule has 0 radical (unpaired) electrons. The van der Waals surface area contributed by atoms with Gasteiger partial charge in [0.2, 0.25) is 5.91 Å². The predicted molar refractivity (Wildman–Crippen MR) is 86.7 cm³/mol. The van der Waals surface area contributed by atoms with Crippen molar-refractivity contribution in [2.75, 3.05) is 7.11 Å². The molecule has 1 aromatic rings. The molecule has 1 saturated carbocycles. The van der Waals surface area contributed by atoms with E-state index in [0.29, 0.717) is 11.3 Å². The Kier molecular flexibility index (Phi) is 5.17. The Morgan fingerprint density at radius 2 is 2.10 bits per heavy atom. The van der Waals surface area contributed by atoms with Crippen LogP contribution in [0.15, 0.2) is 29.2 Å². The number of carbonyl (C=O) groups excluding carboxylic acids is 1. The van der Waals surface area contributed by atoms with Gasteiger partial charge in [-0.3, -0.25) is 4.79 Å². The van der Waals surface area contributed by atoms with E-state index >= 15 is 0 Å². The zero-order valence-corrected chi connectivity index (χ0v) is 13.7. The molecule has 1 amide bonds. The molecule has 0 heterocycles. The van der Waals surface area contributed by atoms with Crippen LogP contribution in [-0.4, -0.2) is 29.8 Å². The van der Waals surface area contributed by atoms with Gasteiger partial charge in [0.15, 0.2) is 0 Å². The van der Waals surface area contributed by atoms with Crippen LogP contribution in [0.5, 0.6) is 5.75 Å². The second kappa shape index (κ2) is 6.71. The first-order chi connectivity index (χ1) is 9.93. The molecular weight excluding hydrogens is 284 g/mol. The van der Waals surface area contributed by atoms with Crippen LogP contribution >= 0.6 is 11.8 Å². The molecule has 21 heavy (non-hydrogen) atoms. The van der Waals surface area contributed by atoms with Gasteiger partial charge in [-0.15, -0.1) is 11.8 Å². The first-order valence-electron chi connectivity index (χ1n) is 7.31. The standard InChI is InChI=1S/C16H24N2O2S/c1-11(21-14-8-6-13(20-3)7-9-14)10-16(2,15(17)19)18-12-4-5-12/h6-9,11-12,18H,4-5,10H2,1-3H3,(H2,17,19). The molecule has 1 fully saturated rings. The van der Waals surface area contributed by atoms with E-state index in [1.54, 1.807) is 18.9 Å². The van der Waals surface area contributed by atoms with Crippen LogP contribution in [0.3, 0.4) is 0 Å². The number of hydrogen-bond acceptors (Lipinski definition) is 4. The fraction of sp³-hybridized carbons (Fsp3) is 0.562. The van der Waals surface area contributed by atoms with Gasteiger partial charge in [-0.25, -0.2) is 0 Å². The van der Waals surface area contributed by atoms with Gasteiger partial charge in [0.1, 0.15) is 5.75 Å². The molecular formula is C16H24N2O2S. The van der Waals surface area contributed by atoms with E-state index in [-0.39, 0.29) is 5.91 Å². The van der Waals surface area contributed by atoms with Gasteiger partial charge < -0.3 is 15.8 Å².